The van der Waals surface area contributed by atoms with E-state index in [4.69, 9.17) is 4.74 Å². The monoisotopic (exact) mass is 337 g/mol. The number of amides is 1. The summed E-state index contributed by atoms with van der Waals surface area (Å²) in [6, 6.07) is 15.5. The largest absolute Gasteiger partial charge is 0.476 e. The van der Waals surface area contributed by atoms with Crippen molar-refractivity contribution in [2.24, 2.45) is 0 Å². The molecule has 0 atom stereocenters. The molecule has 0 spiro atoms. The first-order chi connectivity index (χ1) is 11.9. The average Bonchev–Trinajstić information content (AvgIpc) is 2.58. The predicted octanol–water partition coefficient (Wildman–Crippen LogP) is 4.03. The molecular formula is C21H23NO3. The lowest BCUT2D eigenvalue weighted by Gasteiger charge is -2.39. The summed E-state index contributed by atoms with van der Waals surface area (Å²) in [7, 11) is 0. The van der Waals surface area contributed by atoms with Crippen LogP contribution in [0.15, 0.2) is 48.5 Å². The third-order valence-electron chi connectivity index (χ3n) is 4.47. The molecule has 0 radical (unpaired) electrons. The van der Waals surface area contributed by atoms with Gasteiger partial charge in [-0.25, -0.2) is 0 Å². The molecule has 1 heterocycles. The minimum atomic E-state index is -0.905. The summed E-state index contributed by atoms with van der Waals surface area (Å²) in [6.45, 7) is 5.68. The SMILES string of the molecule is CC(=O)c1ccc2c(c1)N(CCCc1ccccc1)C(=O)C(C)(C)O2. The smallest absolute Gasteiger partial charge is 0.270 e. The van der Waals surface area contributed by atoms with Crippen molar-refractivity contribution in [1.82, 2.24) is 0 Å². The third kappa shape index (κ3) is 3.58. The highest BCUT2D eigenvalue weighted by Gasteiger charge is 2.40. The minimum absolute atomic E-state index is 0.0238. The highest BCUT2D eigenvalue weighted by Crippen LogP contribution is 2.38. The van der Waals surface area contributed by atoms with Crippen LogP contribution in [0.25, 0.3) is 0 Å². The van der Waals surface area contributed by atoms with Crippen molar-refractivity contribution in [2.75, 3.05) is 11.4 Å². The van der Waals surface area contributed by atoms with Gasteiger partial charge in [0.25, 0.3) is 5.91 Å². The molecule has 0 N–H and O–H groups in total. The number of aryl methyl sites for hydroxylation is 1. The van der Waals surface area contributed by atoms with Gasteiger partial charge in [-0.05, 0) is 57.4 Å². The molecule has 1 aliphatic rings. The van der Waals surface area contributed by atoms with Crippen molar-refractivity contribution in [1.29, 1.82) is 0 Å². The van der Waals surface area contributed by atoms with Gasteiger partial charge in [-0.3, -0.25) is 9.59 Å². The van der Waals surface area contributed by atoms with Crippen molar-refractivity contribution in [3.05, 3.63) is 59.7 Å². The summed E-state index contributed by atoms with van der Waals surface area (Å²) in [5.74, 6) is 0.549. The van der Waals surface area contributed by atoms with Crippen LogP contribution < -0.4 is 9.64 Å². The second-order valence-electron chi connectivity index (χ2n) is 6.90. The van der Waals surface area contributed by atoms with Gasteiger partial charge in [0.1, 0.15) is 5.75 Å². The molecule has 1 amide bonds. The molecule has 4 nitrogen and oxygen atoms in total. The van der Waals surface area contributed by atoms with Crippen LogP contribution in [-0.4, -0.2) is 23.8 Å². The summed E-state index contributed by atoms with van der Waals surface area (Å²) in [5, 5.41) is 0. The van der Waals surface area contributed by atoms with Crippen molar-refractivity contribution in [3.63, 3.8) is 0 Å². The number of nitrogens with zero attached hydrogens (tertiary/aromatic N) is 1. The van der Waals surface area contributed by atoms with Gasteiger partial charge >= 0.3 is 0 Å². The number of ether oxygens (including phenoxy) is 1. The molecule has 2 aromatic rings. The Kier molecular flexibility index (Phi) is 4.62. The Balaban J connectivity index is 1.84. The number of fused-ring (bicyclic) bond motifs is 1. The van der Waals surface area contributed by atoms with Crippen LogP contribution in [-0.2, 0) is 11.2 Å². The third-order valence-corrected chi connectivity index (χ3v) is 4.47. The van der Waals surface area contributed by atoms with Gasteiger partial charge in [0.05, 0.1) is 5.69 Å². The van der Waals surface area contributed by atoms with E-state index in [1.54, 1.807) is 36.9 Å². The van der Waals surface area contributed by atoms with Crippen LogP contribution in [0.1, 0.15) is 43.1 Å². The first-order valence-corrected chi connectivity index (χ1v) is 8.58. The molecule has 0 saturated carbocycles. The molecule has 0 aliphatic carbocycles. The zero-order valence-corrected chi connectivity index (χ0v) is 14.9. The highest BCUT2D eigenvalue weighted by molar-refractivity contribution is 6.04. The van der Waals surface area contributed by atoms with E-state index in [1.807, 2.05) is 18.2 Å². The number of carbonyl (C=O) groups is 2. The molecule has 1 aliphatic heterocycles. The Bertz CT molecular complexity index is 796. The van der Waals surface area contributed by atoms with Crippen molar-refractivity contribution < 1.29 is 14.3 Å². The second-order valence-corrected chi connectivity index (χ2v) is 6.90. The molecule has 0 unspecified atom stereocenters. The van der Waals surface area contributed by atoms with E-state index < -0.39 is 5.60 Å². The number of rotatable bonds is 5. The number of Topliss-reactive ketones (excluding diaryl/α,β-unsaturated/α-hetero) is 1. The van der Waals surface area contributed by atoms with E-state index in [1.165, 1.54) is 12.5 Å². The van der Waals surface area contributed by atoms with E-state index in [0.717, 1.165) is 12.8 Å². The maximum atomic E-state index is 12.8. The Morgan fingerprint density at radius 2 is 1.84 bits per heavy atom. The number of hydrogen-bond acceptors (Lipinski definition) is 3. The van der Waals surface area contributed by atoms with Gasteiger partial charge in [0.2, 0.25) is 0 Å². The normalized spacial score (nSPS) is 15.5. The Morgan fingerprint density at radius 3 is 2.52 bits per heavy atom. The molecule has 0 bridgehead atoms. The first-order valence-electron chi connectivity index (χ1n) is 8.58. The van der Waals surface area contributed by atoms with Crippen LogP contribution in [0.2, 0.25) is 0 Å². The first kappa shape index (κ1) is 17.2. The Morgan fingerprint density at radius 1 is 1.12 bits per heavy atom. The number of ketones is 1. The highest BCUT2D eigenvalue weighted by atomic mass is 16.5. The molecular weight excluding hydrogens is 314 g/mol. The van der Waals surface area contributed by atoms with Gasteiger partial charge in [0, 0.05) is 12.1 Å². The topological polar surface area (TPSA) is 46.6 Å². The lowest BCUT2D eigenvalue weighted by Crippen LogP contribution is -2.52. The zero-order chi connectivity index (χ0) is 18.0. The number of carbonyl (C=O) groups excluding carboxylic acids is 2. The summed E-state index contributed by atoms with van der Waals surface area (Å²) >= 11 is 0. The Labute approximate surface area is 148 Å². The summed E-state index contributed by atoms with van der Waals surface area (Å²) in [4.78, 5) is 26.3. The van der Waals surface area contributed by atoms with Gasteiger partial charge in [-0.15, -0.1) is 0 Å². The van der Waals surface area contributed by atoms with Crippen LogP contribution in [0.4, 0.5) is 5.69 Å². The maximum Gasteiger partial charge on any atom is 0.270 e. The van der Waals surface area contributed by atoms with E-state index >= 15 is 0 Å². The molecule has 3 rings (SSSR count). The summed E-state index contributed by atoms with van der Waals surface area (Å²) in [6.07, 6.45) is 1.74. The molecule has 130 valence electrons. The van der Waals surface area contributed by atoms with E-state index in [0.29, 0.717) is 23.5 Å². The van der Waals surface area contributed by atoms with Gasteiger partial charge in [-0.1, -0.05) is 30.3 Å². The fourth-order valence-corrected chi connectivity index (χ4v) is 3.09. The summed E-state index contributed by atoms with van der Waals surface area (Å²) < 4.78 is 5.86. The number of anilines is 1. The fourth-order valence-electron chi connectivity index (χ4n) is 3.09. The number of benzene rings is 2. The molecule has 0 saturated heterocycles. The van der Waals surface area contributed by atoms with Crippen molar-refractivity contribution >= 4 is 17.4 Å². The molecule has 0 aromatic heterocycles. The standard InChI is InChI=1S/C21H23NO3/c1-15(23)17-11-12-19-18(14-17)22(20(24)21(2,3)25-19)13-7-10-16-8-5-4-6-9-16/h4-6,8-9,11-12,14H,7,10,13H2,1-3H3. The van der Waals surface area contributed by atoms with Crippen LogP contribution >= 0.6 is 0 Å². The lowest BCUT2D eigenvalue weighted by molar-refractivity contribution is -0.132. The zero-order valence-electron chi connectivity index (χ0n) is 14.9. The van der Waals surface area contributed by atoms with Gasteiger partial charge in [0.15, 0.2) is 11.4 Å². The second kappa shape index (κ2) is 6.71. The lowest BCUT2D eigenvalue weighted by atomic mass is 10.0. The maximum absolute atomic E-state index is 12.8. The molecule has 25 heavy (non-hydrogen) atoms. The Hall–Kier alpha value is -2.62. The quantitative estimate of drug-likeness (QED) is 0.774. The van der Waals surface area contributed by atoms with E-state index in [9.17, 15) is 9.59 Å². The average molecular weight is 337 g/mol. The van der Waals surface area contributed by atoms with Crippen LogP contribution in [0.5, 0.6) is 5.75 Å². The van der Waals surface area contributed by atoms with Gasteiger partial charge in [-0.2, -0.15) is 0 Å². The van der Waals surface area contributed by atoms with E-state index in [-0.39, 0.29) is 11.7 Å². The predicted molar refractivity (Wildman–Crippen MR) is 98.3 cm³/mol. The van der Waals surface area contributed by atoms with Crippen LogP contribution in [0.3, 0.4) is 0 Å². The number of hydrogen-bond donors (Lipinski definition) is 0. The van der Waals surface area contributed by atoms with E-state index in [2.05, 4.69) is 12.1 Å². The fraction of sp³-hybridized carbons (Fsp3) is 0.333. The van der Waals surface area contributed by atoms with Crippen LogP contribution in [0, 0.1) is 0 Å². The van der Waals surface area contributed by atoms with Crippen molar-refractivity contribution in [2.45, 2.75) is 39.2 Å². The summed E-state index contributed by atoms with van der Waals surface area (Å²) in [5.41, 5.74) is 1.62. The molecule has 2 aromatic carbocycles. The van der Waals surface area contributed by atoms with Gasteiger partial charge < -0.3 is 9.64 Å². The molecule has 4 heteroatoms. The molecule has 0 fully saturated rings. The van der Waals surface area contributed by atoms with Crippen molar-refractivity contribution in [3.8, 4) is 5.75 Å². The minimum Gasteiger partial charge on any atom is -0.476 e.